The number of nitrogens with zero attached hydrogens (tertiary/aromatic N) is 1. The van der Waals surface area contributed by atoms with Crippen molar-refractivity contribution >= 4 is 12.4 Å². The van der Waals surface area contributed by atoms with E-state index in [4.69, 9.17) is 9.84 Å². The van der Waals surface area contributed by atoms with Crippen LogP contribution in [0, 0.1) is 5.92 Å². The largest absolute Gasteiger partial charge is 2.00 e. The smallest absolute Gasteiger partial charge is 1.00 e. The summed E-state index contributed by atoms with van der Waals surface area (Å²) < 4.78 is 5.59. The molecule has 3 nitrogen and oxygen atoms in total. The molecule has 0 aliphatic carbocycles. The van der Waals surface area contributed by atoms with Crippen LogP contribution in [0.3, 0.4) is 0 Å². The second-order valence-electron chi connectivity index (χ2n) is 5.86. The van der Waals surface area contributed by atoms with Crippen molar-refractivity contribution in [3.63, 3.8) is 0 Å². The van der Waals surface area contributed by atoms with Crippen molar-refractivity contribution in [2.45, 2.75) is 64.8 Å². The first-order chi connectivity index (χ1) is 9.31. The second-order valence-corrected chi connectivity index (χ2v) is 5.86. The summed E-state index contributed by atoms with van der Waals surface area (Å²) in [5.74, 6) is 0.922. The van der Waals surface area contributed by atoms with E-state index in [1.165, 1.54) is 44.9 Å². The third kappa shape index (κ3) is 14.2. The van der Waals surface area contributed by atoms with E-state index in [1.807, 2.05) is 0 Å². The Balaban J connectivity index is -0.000000451. The van der Waals surface area contributed by atoms with Gasteiger partial charge in [0, 0.05) is 19.1 Å². The van der Waals surface area contributed by atoms with E-state index >= 15 is 0 Å². The summed E-state index contributed by atoms with van der Waals surface area (Å²) in [6.07, 6.45) is 9.29. The molecular formula is C16H34Cl3NO2Zn. The third-order valence-corrected chi connectivity index (χ3v) is 4.28. The van der Waals surface area contributed by atoms with Crippen molar-refractivity contribution in [2.75, 3.05) is 32.9 Å². The van der Waals surface area contributed by atoms with Gasteiger partial charge in [0.1, 0.15) is 0 Å². The zero-order valence-electron chi connectivity index (χ0n) is 14.8. The molecule has 0 radical (unpaired) electrons. The van der Waals surface area contributed by atoms with Gasteiger partial charge in [0.05, 0.1) is 19.8 Å². The monoisotopic (exact) mass is 441 g/mol. The van der Waals surface area contributed by atoms with Gasteiger partial charge >= 0.3 is 19.5 Å². The van der Waals surface area contributed by atoms with Crippen LogP contribution in [0.1, 0.15) is 58.8 Å². The Bertz CT molecular complexity index is 222. The number of β-amino-alcohol motifs (C(OH)–C–C–N with tert-alkyl or cyclic N) is 1. The van der Waals surface area contributed by atoms with Gasteiger partial charge in [-0.25, -0.2) is 0 Å². The Morgan fingerprint density at radius 1 is 1.13 bits per heavy atom. The van der Waals surface area contributed by atoms with E-state index in [0.29, 0.717) is 6.04 Å². The average molecular weight is 444 g/mol. The number of halogens is 3. The first-order valence-electron chi connectivity index (χ1n) is 8.24. The molecule has 1 heterocycles. The van der Waals surface area contributed by atoms with Crippen molar-refractivity contribution in [3.05, 3.63) is 0 Å². The maximum Gasteiger partial charge on any atom is 2.00 e. The first-order valence-corrected chi connectivity index (χ1v) is 8.24. The van der Waals surface area contributed by atoms with Crippen molar-refractivity contribution in [3.8, 4) is 0 Å². The summed E-state index contributed by atoms with van der Waals surface area (Å²) >= 11 is 0. The number of ether oxygens (including phenoxy) is 1. The molecule has 1 N–H and O–H groups in total. The topological polar surface area (TPSA) is 32.7 Å². The summed E-state index contributed by atoms with van der Waals surface area (Å²) in [6.45, 7) is 8.32. The molecule has 7 heteroatoms. The maximum atomic E-state index is 9.11. The molecule has 1 aliphatic rings. The minimum absolute atomic E-state index is 0. The molecule has 0 saturated carbocycles. The Kier molecular flexibility index (Phi) is 29.9. The van der Waals surface area contributed by atoms with Gasteiger partial charge in [-0.1, -0.05) is 52.4 Å². The van der Waals surface area contributed by atoms with E-state index in [2.05, 4.69) is 18.7 Å². The Hall–Kier alpha value is 1.37. The fourth-order valence-electron chi connectivity index (χ4n) is 3.27. The molecule has 1 rings (SSSR count). The Morgan fingerprint density at radius 2 is 1.74 bits per heavy atom. The van der Waals surface area contributed by atoms with Gasteiger partial charge in [0.15, 0.2) is 0 Å². The quantitative estimate of drug-likeness (QED) is 0.379. The predicted molar refractivity (Wildman–Crippen MR) is 87.7 cm³/mol. The van der Waals surface area contributed by atoms with Gasteiger partial charge in [0.25, 0.3) is 0 Å². The molecule has 23 heavy (non-hydrogen) atoms. The van der Waals surface area contributed by atoms with E-state index in [0.717, 1.165) is 32.2 Å². The number of rotatable bonds is 10. The molecule has 0 aromatic carbocycles. The van der Waals surface area contributed by atoms with Crippen LogP contribution >= 0.6 is 12.4 Å². The van der Waals surface area contributed by atoms with Gasteiger partial charge in [-0.15, -0.1) is 12.4 Å². The van der Waals surface area contributed by atoms with E-state index in [9.17, 15) is 0 Å². The standard InChI is InChI=1S/C16H33NO2.3ClH.Zn/c1-3-6-15(7-4-2)8-5-9-16-14-19-13-11-17(16)10-12-18;;;;/h15-16,18H,3-14H2,1-2H3;3*1H;/q;;;;+2/p-2. The van der Waals surface area contributed by atoms with Crippen LogP contribution in [-0.2, 0) is 24.2 Å². The van der Waals surface area contributed by atoms with Gasteiger partial charge in [0.2, 0.25) is 0 Å². The molecule has 138 valence electrons. The molecule has 1 aliphatic heterocycles. The van der Waals surface area contributed by atoms with E-state index in [-0.39, 0.29) is 63.3 Å². The van der Waals surface area contributed by atoms with Crippen LogP contribution in [0.15, 0.2) is 0 Å². The van der Waals surface area contributed by atoms with Crippen LogP contribution in [0.2, 0.25) is 0 Å². The van der Waals surface area contributed by atoms with Gasteiger partial charge < -0.3 is 34.7 Å². The molecule has 0 aromatic rings. The predicted octanol–water partition coefficient (Wildman–Crippen LogP) is -2.51. The third-order valence-electron chi connectivity index (χ3n) is 4.28. The zero-order valence-corrected chi connectivity index (χ0v) is 20.1. The summed E-state index contributed by atoms with van der Waals surface area (Å²) in [5, 5.41) is 9.11. The molecule has 1 atom stereocenters. The molecule has 0 amide bonds. The van der Waals surface area contributed by atoms with Gasteiger partial charge in [-0.3, -0.25) is 4.90 Å². The minimum Gasteiger partial charge on any atom is -1.00 e. The Labute approximate surface area is 174 Å². The number of hydrogen-bond acceptors (Lipinski definition) is 3. The zero-order chi connectivity index (χ0) is 13.9. The molecule has 1 unspecified atom stereocenters. The van der Waals surface area contributed by atoms with Crippen LogP contribution < -0.4 is 24.8 Å². The maximum absolute atomic E-state index is 9.11. The minimum atomic E-state index is 0. The summed E-state index contributed by atoms with van der Waals surface area (Å²) in [4.78, 5) is 2.40. The summed E-state index contributed by atoms with van der Waals surface area (Å²) in [5.41, 5.74) is 0. The molecule has 1 saturated heterocycles. The van der Waals surface area contributed by atoms with Crippen molar-refractivity contribution in [1.29, 1.82) is 0 Å². The number of morpholine rings is 1. The average Bonchev–Trinajstić information content (AvgIpc) is 2.41. The SMILES string of the molecule is CCCC(CCC)CCCC1COCCN1CCO.Cl.[Cl-].[Cl-].[Zn+2]. The number of hydrogen-bond donors (Lipinski definition) is 1. The fourth-order valence-corrected chi connectivity index (χ4v) is 3.27. The molecule has 1 fully saturated rings. The van der Waals surface area contributed by atoms with Gasteiger partial charge in [-0.2, -0.15) is 0 Å². The fraction of sp³-hybridized carbons (Fsp3) is 1.00. The molecular weight excluding hydrogens is 410 g/mol. The summed E-state index contributed by atoms with van der Waals surface area (Å²) in [6, 6.07) is 0.532. The normalized spacial score (nSPS) is 17.5. The Morgan fingerprint density at radius 3 is 2.26 bits per heavy atom. The van der Waals surface area contributed by atoms with Gasteiger partial charge in [-0.05, 0) is 12.3 Å². The van der Waals surface area contributed by atoms with Crippen LogP contribution in [0.5, 0.6) is 0 Å². The number of aliphatic hydroxyl groups excluding tert-OH is 1. The van der Waals surface area contributed by atoms with Crippen LogP contribution in [0.4, 0.5) is 0 Å². The molecule has 0 bridgehead atoms. The van der Waals surface area contributed by atoms with Crippen molar-refractivity contribution in [2.24, 2.45) is 5.92 Å². The summed E-state index contributed by atoms with van der Waals surface area (Å²) in [7, 11) is 0. The molecule has 0 spiro atoms. The number of aliphatic hydroxyl groups is 1. The van der Waals surface area contributed by atoms with Crippen LogP contribution in [-0.4, -0.2) is 49.0 Å². The molecule has 0 aromatic heterocycles. The van der Waals surface area contributed by atoms with Crippen molar-refractivity contribution < 1.29 is 54.1 Å². The van der Waals surface area contributed by atoms with Crippen molar-refractivity contribution in [1.82, 2.24) is 4.90 Å². The van der Waals surface area contributed by atoms with Crippen LogP contribution in [0.25, 0.3) is 0 Å². The second kappa shape index (κ2) is 21.4. The first kappa shape index (κ1) is 32.1. The van der Waals surface area contributed by atoms with E-state index < -0.39 is 0 Å². The van der Waals surface area contributed by atoms with E-state index in [1.54, 1.807) is 0 Å².